The smallest absolute Gasteiger partial charge is 0.421 e. The van der Waals surface area contributed by atoms with Crippen molar-refractivity contribution >= 4 is 25.5 Å². The summed E-state index contributed by atoms with van der Waals surface area (Å²) in [6, 6.07) is 1.64. The monoisotopic (exact) mass is 373 g/mol. The number of phosphoric acid groups is 1. The Morgan fingerprint density at radius 2 is 1.96 bits per heavy atom. The summed E-state index contributed by atoms with van der Waals surface area (Å²) in [6.07, 6.45) is -8.82. The Morgan fingerprint density at radius 1 is 1.33 bits per heavy atom. The number of hydrogen-bond acceptors (Lipinski definition) is 5. The quantitative estimate of drug-likeness (QED) is 0.475. The van der Waals surface area contributed by atoms with Crippen LogP contribution in [0.1, 0.15) is 17.3 Å². The average Bonchev–Trinajstić information content (AvgIpc) is 2.68. The van der Waals surface area contributed by atoms with E-state index in [1.807, 2.05) is 0 Å². The SMILES string of the molecule is O=C(OCOP(=O)(O)O)N1C(=O)C(F)c2ccc(C(F)(F)F)cc21. The van der Waals surface area contributed by atoms with Crippen molar-refractivity contribution in [3.05, 3.63) is 29.3 Å². The van der Waals surface area contributed by atoms with E-state index in [0.717, 1.165) is 0 Å². The number of nitrogens with zero attached hydrogens (tertiary/aromatic N) is 1. The number of alkyl halides is 4. The van der Waals surface area contributed by atoms with E-state index in [1.54, 1.807) is 0 Å². The van der Waals surface area contributed by atoms with Crippen molar-refractivity contribution in [1.29, 1.82) is 0 Å². The number of fused-ring (bicyclic) bond motifs is 1. The lowest BCUT2D eigenvalue weighted by Crippen LogP contribution is -2.35. The molecule has 8 nitrogen and oxygen atoms in total. The van der Waals surface area contributed by atoms with Gasteiger partial charge in [-0.2, -0.15) is 13.2 Å². The van der Waals surface area contributed by atoms with Crippen LogP contribution in [0, 0.1) is 0 Å². The first-order valence-corrected chi connectivity index (χ1v) is 7.51. The first-order chi connectivity index (χ1) is 10.9. The topological polar surface area (TPSA) is 113 Å². The number of imide groups is 1. The lowest BCUT2D eigenvalue weighted by Gasteiger charge is -2.16. The molecule has 0 spiro atoms. The fourth-order valence-electron chi connectivity index (χ4n) is 1.89. The first-order valence-electron chi connectivity index (χ1n) is 5.98. The number of phosphoric ester groups is 1. The average molecular weight is 373 g/mol. The van der Waals surface area contributed by atoms with Crippen molar-refractivity contribution < 1.29 is 50.8 Å². The van der Waals surface area contributed by atoms with Gasteiger partial charge in [-0.05, 0) is 12.1 Å². The number of amides is 2. The van der Waals surface area contributed by atoms with Crippen molar-refractivity contribution in [1.82, 2.24) is 0 Å². The van der Waals surface area contributed by atoms with Gasteiger partial charge in [-0.3, -0.25) is 4.79 Å². The van der Waals surface area contributed by atoms with E-state index in [0.29, 0.717) is 18.2 Å². The number of carbonyl (C=O) groups is 2. The summed E-state index contributed by atoms with van der Waals surface area (Å²) in [5, 5.41) is 0. The highest BCUT2D eigenvalue weighted by molar-refractivity contribution is 7.46. The van der Waals surface area contributed by atoms with Crippen molar-refractivity contribution in [2.45, 2.75) is 12.3 Å². The predicted molar refractivity (Wildman–Crippen MR) is 67.3 cm³/mol. The summed E-state index contributed by atoms with van der Waals surface area (Å²) in [6.45, 7) is -1.29. The molecule has 13 heteroatoms. The Bertz CT molecular complexity index is 732. The van der Waals surface area contributed by atoms with Crippen LogP contribution in [-0.2, 0) is 24.8 Å². The lowest BCUT2D eigenvalue weighted by molar-refractivity contribution is -0.137. The molecule has 1 aromatic carbocycles. The molecule has 0 saturated carbocycles. The normalized spacial score (nSPS) is 17.8. The highest BCUT2D eigenvalue weighted by Gasteiger charge is 2.44. The van der Waals surface area contributed by atoms with E-state index in [-0.39, 0.29) is 4.90 Å². The molecule has 0 bridgehead atoms. The molecule has 1 atom stereocenters. The second-order valence-corrected chi connectivity index (χ2v) is 5.69. The lowest BCUT2D eigenvalue weighted by atomic mass is 10.1. The van der Waals surface area contributed by atoms with Crippen LogP contribution in [0.2, 0.25) is 0 Å². The van der Waals surface area contributed by atoms with E-state index in [2.05, 4.69) is 9.26 Å². The third kappa shape index (κ3) is 3.73. The molecule has 0 saturated heterocycles. The Balaban J connectivity index is 2.28. The van der Waals surface area contributed by atoms with Gasteiger partial charge in [0.15, 0.2) is 0 Å². The summed E-state index contributed by atoms with van der Waals surface area (Å²) >= 11 is 0. The summed E-state index contributed by atoms with van der Waals surface area (Å²) in [5.74, 6) is -1.49. The zero-order valence-corrected chi connectivity index (χ0v) is 12.3. The van der Waals surface area contributed by atoms with Crippen LogP contribution in [0.5, 0.6) is 0 Å². The molecular weight excluding hydrogens is 365 g/mol. The molecule has 24 heavy (non-hydrogen) atoms. The molecule has 2 rings (SSSR count). The van der Waals surface area contributed by atoms with Crippen molar-refractivity contribution in [3.63, 3.8) is 0 Å². The number of carbonyl (C=O) groups excluding carboxylic acids is 2. The van der Waals surface area contributed by atoms with Gasteiger partial charge in [-0.15, -0.1) is 0 Å². The maximum absolute atomic E-state index is 13.8. The Morgan fingerprint density at radius 3 is 2.50 bits per heavy atom. The highest BCUT2D eigenvalue weighted by Crippen LogP contribution is 2.42. The molecule has 1 aliphatic heterocycles. The molecule has 1 aromatic rings. The minimum absolute atomic E-state index is 0.00171. The first kappa shape index (κ1) is 18.3. The largest absolute Gasteiger partial charge is 0.472 e. The third-order valence-corrected chi connectivity index (χ3v) is 3.34. The van der Waals surface area contributed by atoms with E-state index in [9.17, 15) is 31.7 Å². The van der Waals surface area contributed by atoms with Gasteiger partial charge >= 0.3 is 20.1 Å². The Labute approximate surface area is 130 Å². The van der Waals surface area contributed by atoms with E-state index < -0.39 is 55.8 Å². The number of rotatable bonds is 3. The summed E-state index contributed by atoms with van der Waals surface area (Å²) in [7, 11) is -4.98. The van der Waals surface area contributed by atoms with Gasteiger partial charge in [0.1, 0.15) is 0 Å². The van der Waals surface area contributed by atoms with E-state index >= 15 is 0 Å². The van der Waals surface area contributed by atoms with Gasteiger partial charge in [-0.25, -0.2) is 23.2 Å². The van der Waals surface area contributed by atoms with Crippen LogP contribution in [0.15, 0.2) is 18.2 Å². The zero-order chi connectivity index (χ0) is 18.3. The minimum Gasteiger partial charge on any atom is -0.421 e. The third-order valence-electron chi connectivity index (χ3n) is 2.89. The number of halogens is 4. The van der Waals surface area contributed by atoms with Crippen LogP contribution >= 0.6 is 7.82 Å². The van der Waals surface area contributed by atoms with Gasteiger partial charge in [-0.1, -0.05) is 6.07 Å². The van der Waals surface area contributed by atoms with Crippen molar-refractivity contribution in [2.75, 3.05) is 11.7 Å². The van der Waals surface area contributed by atoms with Crippen LogP contribution in [0.3, 0.4) is 0 Å². The summed E-state index contributed by atoms with van der Waals surface area (Å²) in [5.41, 5.74) is -2.38. The zero-order valence-electron chi connectivity index (χ0n) is 11.4. The molecule has 0 radical (unpaired) electrons. The molecule has 2 amide bonds. The maximum atomic E-state index is 13.8. The van der Waals surface area contributed by atoms with Crippen LogP contribution in [-0.4, -0.2) is 28.6 Å². The molecule has 132 valence electrons. The van der Waals surface area contributed by atoms with Crippen LogP contribution in [0.25, 0.3) is 0 Å². The van der Waals surface area contributed by atoms with Gasteiger partial charge < -0.3 is 14.5 Å². The molecule has 0 aromatic heterocycles. The standard InChI is InChI=1S/C11H8F4NO7P/c12-8-6-2-1-5(11(13,14)15)3-7(6)16(9(8)17)10(18)22-4-23-24(19,20)21/h1-3,8H,4H2,(H2,19,20,21). The minimum atomic E-state index is -4.98. The van der Waals surface area contributed by atoms with Gasteiger partial charge in [0.25, 0.3) is 5.91 Å². The second-order valence-electron chi connectivity index (χ2n) is 4.46. The van der Waals surface area contributed by atoms with Gasteiger partial charge in [0.2, 0.25) is 13.0 Å². The predicted octanol–water partition coefficient (Wildman–Crippen LogP) is 2.27. The number of anilines is 1. The second kappa shape index (κ2) is 6.13. The fourth-order valence-corrected chi connectivity index (χ4v) is 2.08. The highest BCUT2D eigenvalue weighted by atomic mass is 31.2. The van der Waals surface area contributed by atoms with E-state index in [1.165, 1.54) is 0 Å². The molecule has 1 aliphatic rings. The van der Waals surface area contributed by atoms with Gasteiger partial charge in [0.05, 0.1) is 11.3 Å². The van der Waals surface area contributed by atoms with Crippen LogP contribution in [0.4, 0.5) is 28.0 Å². The summed E-state index contributed by atoms with van der Waals surface area (Å²) < 4.78 is 70.3. The number of benzene rings is 1. The van der Waals surface area contributed by atoms with Crippen molar-refractivity contribution in [2.24, 2.45) is 0 Å². The Kier molecular flexibility index (Phi) is 4.68. The molecule has 2 N–H and O–H groups in total. The fraction of sp³-hybridized carbons (Fsp3) is 0.273. The summed E-state index contributed by atoms with van der Waals surface area (Å²) in [4.78, 5) is 40.2. The molecule has 1 unspecified atom stereocenters. The molecule has 0 fully saturated rings. The van der Waals surface area contributed by atoms with Crippen molar-refractivity contribution in [3.8, 4) is 0 Å². The maximum Gasteiger partial charge on any atom is 0.472 e. The number of ether oxygens (including phenoxy) is 1. The van der Waals surface area contributed by atoms with Crippen LogP contribution < -0.4 is 4.90 Å². The molecule has 1 heterocycles. The molecule has 0 aliphatic carbocycles. The number of hydrogen-bond donors (Lipinski definition) is 2. The molecular formula is C11H8F4NO7P. The van der Waals surface area contributed by atoms with E-state index in [4.69, 9.17) is 9.79 Å². The van der Waals surface area contributed by atoms with Gasteiger partial charge in [0, 0.05) is 5.56 Å². The Hall–Kier alpha value is -2.01.